The molecule has 1 N–H and O–H groups in total. The Hall–Kier alpha value is -4.49. The Morgan fingerprint density at radius 1 is 0.789 bits per heavy atom. The predicted molar refractivity (Wildman–Crippen MR) is 154 cm³/mol. The third-order valence-corrected chi connectivity index (χ3v) is 7.01. The van der Waals surface area contributed by atoms with Gasteiger partial charge in [0.25, 0.3) is 0 Å². The molecule has 0 saturated carbocycles. The topological polar surface area (TPSA) is 55.2 Å². The predicted octanol–water partition coefficient (Wildman–Crippen LogP) is 6.85. The Morgan fingerprint density at radius 3 is 2.21 bits per heavy atom. The molecular weight excluding hydrogens is 490 g/mol. The average Bonchev–Trinajstić information content (AvgIpc) is 3.56. The van der Waals surface area contributed by atoms with E-state index in [1.807, 2.05) is 104 Å². The fourth-order valence-corrected chi connectivity index (χ4v) is 5.14. The minimum Gasteiger partial charge on any atom is -0.457 e. The van der Waals surface area contributed by atoms with Crippen LogP contribution in [0.3, 0.4) is 0 Å². The van der Waals surface area contributed by atoms with Gasteiger partial charge in [-0.15, -0.1) is 0 Å². The molecule has 0 unspecified atom stereocenters. The zero-order chi connectivity index (χ0) is 26.1. The molecule has 6 nitrogen and oxygen atoms in total. The maximum absolute atomic E-state index is 6.06. The van der Waals surface area contributed by atoms with E-state index in [2.05, 4.69) is 43.8 Å². The highest BCUT2D eigenvalue weighted by atomic mass is 32.1. The van der Waals surface area contributed by atoms with E-state index in [4.69, 9.17) is 17.0 Å². The second-order valence-corrected chi connectivity index (χ2v) is 9.79. The van der Waals surface area contributed by atoms with Crippen molar-refractivity contribution in [2.24, 2.45) is 0 Å². The first kappa shape index (κ1) is 23.9. The van der Waals surface area contributed by atoms with Crippen molar-refractivity contribution in [1.82, 2.24) is 19.9 Å². The van der Waals surface area contributed by atoms with Crippen LogP contribution in [-0.4, -0.2) is 19.6 Å². The number of nitrogens with zero attached hydrogens (tertiary/aromatic N) is 4. The number of aryl methyl sites for hydroxylation is 2. The number of pyridine rings is 2. The van der Waals surface area contributed by atoms with E-state index in [1.165, 1.54) is 5.56 Å². The molecule has 5 aromatic rings. The summed E-state index contributed by atoms with van der Waals surface area (Å²) in [5.74, 6) is 2.42. The molecule has 0 bridgehead atoms. The Balaban J connectivity index is 1.38. The van der Waals surface area contributed by atoms with Gasteiger partial charge in [-0.2, -0.15) is 0 Å². The van der Waals surface area contributed by atoms with Crippen LogP contribution in [0.15, 0.2) is 110 Å². The third kappa shape index (κ3) is 4.64. The number of benzene rings is 2. The van der Waals surface area contributed by atoms with Gasteiger partial charge < -0.3 is 19.5 Å². The van der Waals surface area contributed by atoms with Gasteiger partial charge in [-0.3, -0.25) is 4.98 Å². The van der Waals surface area contributed by atoms with Gasteiger partial charge in [-0.05, 0) is 98.4 Å². The van der Waals surface area contributed by atoms with Crippen molar-refractivity contribution in [3.8, 4) is 17.3 Å². The third-order valence-electron chi connectivity index (χ3n) is 6.70. The van der Waals surface area contributed by atoms with Crippen molar-refractivity contribution in [2.75, 3.05) is 4.90 Å². The molecule has 2 atom stereocenters. The molecule has 0 radical (unpaired) electrons. The van der Waals surface area contributed by atoms with Crippen LogP contribution < -0.4 is 15.0 Å². The summed E-state index contributed by atoms with van der Waals surface area (Å²) in [6, 6.07) is 30.0. The highest BCUT2D eigenvalue weighted by molar-refractivity contribution is 7.80. The van der Waals surface area contributed by atoms with Gasteiger partial charge in [0.05, 0.1) is 11.7 Å². The van der Waals surface area contributed by atoms with Gasteiger partial charge >= 0.3 is 0 Å². The van der Waals surface area contributed by atoms with Crippen LogP contribution in [-0.2, 0) is 0 Å². The number of thiocarbonyl (C=S) groups is 1. The molecule has 1 aliphatic rings. The summed E-state index contributed by atoms with van der Waals surface area (Å²) >= 11 is 5.91. The van der Waals surface area contributed by atoms with Crippen molar-refractivity contribution in [3.05, 3.63) is 132 Å². The first-order valence-corrected chi connectivity index (χ1v) is 12.9. The lowest BCUT2D eigenvalue weighted by Gasteiger charge is -2.29. The van der Waals surface area contributed by atoms with Crippen molar-refractivity contribution in [2.45, 2.75) is 25.9 Å². The summed E-state index contributed by atoms with van der Waals surface area (Å²) in [6.07, 6.45) is 5.75. The molecule has 3 aromatic heterocycles. The quantitative estimate of drug-likeness (QED) is 0.249. The zero-order valence-electron chi connectivity index (χ0n) is 21.2. The summed E-state index contributed by atoms with van der Waals surface area (Å²) in [5.41, 5.74) is 5.26. The largest absolute Gasteiger partial charge is 0.457 e. The molecular formula is C31H27N5OS. The van der Waals surface area contributed by atoms with Crippen LogP contribution in [0.2, 0.25) is 0 Å². The number of aromatic nitrogens is 3. The van der Waals surface area contributed by atoms with E-state index in [0.29, 0.717) is 5.11 Å². The number of hydrogen-bond acceptors (Lipinski definition) is 4. The van der Waals surface area contributed by atoms with Gasteiger partial charge in [0.15, 0.2) is 5.11 Å². The standard InChI is InChI=1S/C31H27N5OS/c1-21-8-13-24(14-9-21)37-25-15-11-23(12-16-25)36-30(29(34-31(36)38)26-6-3-4-18-32-26)27-7-5-19-35(27)28-17-10-22(2)20-33-28/h3-20,29-30H,1-2H3,(H,34,38)/t29-,30+/m0/s1. The molecule has 188 valence electrons. The molecule has 4 heterocycles. The molecule has 1 saturated heterocycles. The highest BCUT2D eigenvalue weighted by Crippen LogP contribution is 2.42. The Labute approximate surface area is 227 Å². The van der Waals surface area contributed by atoms with E-state index < -0.39 is 0 Å². The molecule has 2 aromatic carbocycles. The fraction of sp³-hybridized carbons (Fsp3) is 0.129. The zero-order valence-corrected chi connectivity index (χ0v) is 22.0. The second kappa shape index (κ2) is 10.1. The molecule has 1 aliphatic heterocycles. The van der Waals surface area contributed by atoms with Gasteiger partial charge in [0.1, 0.15) is 23.4 Å². The Morgan fingerprint density at radius 2 is 1.53 bits per heavy atom. The minimum atomic E-state index is -0.153. The Kier molecular flexibility index (Phi) is 6.35. The summed E-state index contributed by atoms with van der Waals surface area (Å²) in [5, 5.41) is 4.18. The lowest BCUT2D eigenvalue weighted by atomic mass is 10.0. The lowest BCUT2D eigenvalue weighted by molar-refractivity contribution is 0.482. The number of anilines is 1. The van der Waals surface area contributed by atoms with Crippen LogP contribution in [0.4, 0.5) is 5.69 Å². The van der Waals surface area contributed by atoms with Crippen LogP contribution in [0.1, 0.15) is 34.6 Å². The van der Waals surface area contributed by atoms with Gasteiger partial charge in [0.2, 0.25) is 0 Å². The van der Waals surface area contributed by atoms with Crippen molar-refractivity contribution < 1.29 is 4.74 Å². The van der Waals surface area contributed by atoms with Crippen LogP contribution >= 0.6 is 12.2 Å². The normalized spacial score (nSPS) is 16.9. The number of hydrogen-bond donors (Lipinski definition) is 1. The van der Waals surface area contributed by atoms with E-state index in [9.17, 15) is 0 Å². The maximum Gasteiger partial charge on any atom is 0.174 e. The first-order chi connectivity index (χ1) is 18.6. The molecule has 1 fully saturated rings. The molecule has 6 rings (SSSR count). The lowest BCUT2D eigenvalue weighted by Crippen LogP contribution is -2.30. The van der Waals surface area contributed by atoms with E-state index >= 15 is 0 Å². The summed E-state index contributed by atoms with van der Waals surface area (Å²) in [4.78, 5) is 11.5. The summed E-state index contributed by atoms with van der Waals surface area (Å²) < 4.78 is 8.19. The van der Waals surface area contributed by atoms with Crippen molar-refractivity contribution in [1.29, 1.82) is 0 Å². The van der Waals surface area contributed by atoms with Crippen LogP contribution in [0, 0.1) is 13.8 Å². The van der Waals surface area contributed by atoms with Crippen molar-refractivity contribution in [3.63, 3.8) is 0 Å². The highest BCUT2D eigenvalue weighted by Gasteiger charge is 2.42. The van der Waals surface area contributed by atoms with Crippen LogP contribution in [0.25, 0.3) is 5.82 Å². The van der Waals surface area contributed by atoms with E-state index in [0.717, 1.165) is 40.0 Å². The monoisotopic (exact) mass is 517 g/mol. The Bertz CT molecular complexity index is 1550. The maximum atomic E-state index is 6.06. The number of ether oxygens (including phenoxy) is 1. The molecule has 0 aliphatic carbocycles. The van der Waals surface area contributed by atoms with E-state index in [-0.39, 0.29) is 12.1 Å². The minimum absolute atomic E-state index is 0.147. The first-order valence-electron chi connectivity index (χ1n) is 12.5. The number of nitrogens with one attached hydrogen (secondary N) is 1. The van der Waals surface area contributed by atoms with Gasteiger partial charge in [0, 0.05) is 30.0 Å². The molecule has 0 spiro atoms. The molecule has 0 amide bonds. The van der Waals surface area contributed by atoms with E-state index in [1.54, 1.807) is 0 Å². The number of rotatable bonds is 6. The SMILES string of the molecule is Cc1ccc(Oc2ccc(N3C(=S)N[C@@H](c4ccccn4)[C@H]3c3cccn3-c3ccc(C)cn3)cc2)cc1. The second-order valence-electron chi connectivity index (χ2n) is 9.40. The van der Waals surface area contributed by atoms with Gasteiger partial charge in [-0.1, -0.05) is 29.8 Å². The van der Waals surface area contributed by atoms with Crippen molar-refractivity contribution >= 4 is 23.0 Å². The average molecular weight is 518 g/mol. The molecule has 7 heteroatoms. The summed E-state index contributed by atoms with van der Waals surface area (Å²) in [7, 11) is 0. The summed E-state index contributed by atoms with van der Waals surface area (Å²) in [6.45, 7) is 4.10. The van der Waals surface area contributed by atoms with Gasteiger partial charge in [-0.25, -0.2) is 4.98 Å². The fourth-order valence-electron chi connectivity index (χ4n) is 4.80. The molecule has 38 heavy (non-hydrogen) atoms. The smallest absolute Gasteiger partial charge is 0.174 e. The van der Waals surface area contributed by atoms with Crippen LogP contribution in [0.5, 0.6) is 11.5 Å².